The first-order valence-electron chi connectivity index (χ1n) is 12.8. The van der Waals surface area contributed by atoms with Crippen molar-refractivity contribution >= 4 is 52.6 Å². The maximum Gasteiger partial charge on any atom is 0.269 e. The van der Waals surface area contributed by atoms with Gasteiger partial charge in [-0.1, -0.05) is 0 Å². The summed E-state index contributed by atoms with van der Waals surface area (Å²) in [4.78, 5) is 72.6. The van der Waals surface area contributed by atoms with Gasteiger partial charge < -0.3 is 10.2 Å². The van der Waals surface area contributed by atoms with Crippen LogP contribution in [0.4, 0.5) is 17.1 Å². The number of nitrogens with zero attached hydrogens (tertiary/aromatic N) is 3. The highest BCUT2D eigenvalue weighted by molar-refractivity contribution is 6.16. The van der Waals surface area contributed by atoms with Crippen LogP contribution in [0.2, 0.25) is 0 Å². The number of hydrogen-bond donors (Lipinski definition) is 1. The number of benzene rings is 3. The predicted octanol–water partition coefficient (Wildman–Crippen LogP) is 4.78. The van der Waals surface area contributed by atoms with Crippen LogP contribution in [0.5, 0.6) is 0 Å². The maximum atomic E-state index is 13.4. The van der Waals surface area contributed by atoms with Crippen molar-refractivity contribution in [2.24, 2.45) is 0 Å². The molecule has 12 heteroatoms. The number of nitro benzene ring substituents is 2. The molecule has 1 N–H and O–H groups in total. The minimum atomic E-state index is -0.583. The summed E-state index contributed by atoms with van der Waals surface area (Å²) in [5.41, 5.74) is 2.13. The number of carbonyl (C=O) groups is 4. The second kappa shape index (κ2) is 13.1. The highest BCUT2D eigenvalue weighted by atomic mass is 16.6. The van der Waals surface area contributed by atoms with Gasteiger partial charge in [0.25, 0.3) is 11.4 Å². The molecule has 0 radical (unpaired) electrons. The molecular weight excluding hydrogens is 556 g/mol. The molecule has 4 rings (SSSR count). The lowest BCUT2D eigenvalue weighted by molar-refractivity contribution is -0.385. The number of nitro groups is 2. The minimum absolute atomic E-state index is 0.0925. The average Bonchev–Trinajstić information content (AvgIpc) is 2.98. The van der Waals surface area contributed by atoms with Crippen molar-refractivity contribution in [1.82, 2.24) is 4.90 Å². The number of non-ortho nitro benzene ring substituents is 2. The Balaban J connectivity index is 1.57. The number of nitrogens with one attached hydrogen (secondary N) is 1. The highest BCUT2D eigenvalue weighted by Gasteiger charge is 2.28. The summed E-state index contributed by atoms with van der Waals surface area (Å²) in [6.45, 7) is 1.24. The van der Waals surface area contributed by atoms with Crippen LogP contribution in [0, 0.1) is 20.2 Å². The Kier molecular flexibility index (Phi) is 9.11. The molecule has 0 unspecified atom stereocenters. The van der Waals surface area contributed by atoms with E-state index in [2.05, 4.69) is 5.32 Å². The molecule has 0 aliphatic carbocycles. The van der Waals surface area contributed by atoms with Gasteiger partial charge in [-0.25, -0.2) is 0 Å². The molecule has 43 heavy (non-hydrogen) atoms. The van der Waals surface area contributed by atoms with Crippen molar-refractivity contribution in [3.8, 4) is 0 Å². The largest absolute Gasteiger partial charge is 0.330 e. The first kappa shape index (κ1) is 29.9. The molecule has 0 spiro atoms. The van der Waals surface area contributed by atoms with E-state index < -0.39 is 21.7 Å². The van der Waals surface area contributed by atoms with Crippen LogP contribution < -0.4 is 5.32 Å². The van der Waals surface area contributed by atoms with Gasteiger partial charge in [-0.05, 0) is 78.7 Å². The lowest BCUT2D eigenvalue weighted by Gasteiger charge is -2.29. The van der Waals surface area contributed by atoms with Crippen LogP contribution in [-0.4, -0.2) is 51.2 Å². The van der Waals surface area contributed by atoms with Gasteiger partial charge in [0.2, 0.25) is 11.8 Å². The van der Waals surface area contributed by atoms with E-state index in [-0.39, 0.29) is 47.2 Å². The summed E-state index contributed by atoms with van der Waals surface area (Å²) < 4.78 is 0. The van der Waals surface area contributed by atoms with Gasteiger partial charge in [0.1, 0.15) is 0 Å². The summed E-state index contributed by atoms with van der Waals surface area (Å²) in [5.74, 6) is -1.62. The summed E-state index contributed by atoms with van der Waals surface area (Å²) in [6, 6.07) is 17.4. The zero-order chi connectivity index (χ0) is 31.1. The van der Waals surface area contributed by atoms with Crippen LogP contribution in [0.25, 0.3) is 12.2 Å². The van der Waals surface area contributed by atoms with Gasteiger partial charge in [0.15, 0.2) is 11.6 Å². The van der Waals surface area contributed by atoms with Crippen molar-refractivity contribution in [2.75, 3.05) is 18.4 Å². The van der Waals surface area contributed by atoms with Crippen molar-refractivity contribution in [3.63, 3.8) is 0 Å². The van der Waals surface area contributed by atoms with Crippen LogP contribution in [0.3, 0.4) is 0 Å². The number of Topliss-reactive ketones (excluding diaryl/α,β-unsaturated/α-hetero) is 2. The van der Waals surface area contributed by atoms with Gasteiger partial charge >= 0.3 is 0 Å². The quantitative estimate of drug-likeness (QED) is 0.172. The van der Waals surface area contributed by atoms with E-state index in [1.165, 1.54) is 72.5 Å². The fraction of sp³-hybridized carbons (Fsp3) is 0.0968. The Morgan fingerprint density at radius 3 is 1.63 bits per heavy atom. The third kappa shape index (κ3) is 7.79. The van der Waals surface area contributed by atoms with E-state index in [1.54, 1.807) is 24.3 Å². The van der Waals surface area contributed by atoms with Crippen LogP contribution >= 0.6 is 0 Å². The first-order valence-corrected chi connectivity index (χ1v) is 12.8. The van der Waals surface area contributed by atoms with E-state index in [0.29, 0.717) is 22.4 Å². The molecule has 0 atom stereocenters. The third-order valence-corrected chi connectivity index (χ3v) is 6.44. The maximum absolute atomic E-state index is 13.4. The van der Waals surface area contributed by atoms with Crippen LogP contribution in [-0.2, 0) is 14.4 Å². The lowest BCUT2D eigenvalue weighted by atomic mass is 9.94. The number of hydrogen-bond acceptors (Lipinski definition) is 8. The number of amides is 2. The first-order chi connectivity index (χ1) is 20.5. The third-order valence-electron chi connectivity index (χ3n) is 6.44. The molecule has 3 aromatic carbocycles. The fourth-order valence-corrected chi connectivity index (χ4v) is 4.21. The fourth-order valence-electron chi connectivity index (χ4n) is 4.21. The van der Waals surface area contributed by atoms with Crippen molar-refractivity contribution in [1.29, 1.82) is 0 Å². The Morgan fingerprint density at radius 2 is 1.21 bits per heavy atom. The molecule has 1 saturated heterocycles. The summed E-state index contributed by atoms with van der Waals surface area (Å²) >= 11 is 0. The van der Waals surface area contributed by atoms with E-state index >= 15 is 0 Å². The Bertz CT molecular complexity index is 1620. The van der Waals surface area contributed by atoms with Crippen LogP contribution in [0.1, 0.15) is 28.4 Å². The van der Waals surface area contributed by atoms with E-state index in [4.69, 9.17) is 0 Å². The normalized spacial score (nSPS) is 15.1. The monoisotopic (exact) mass is 580 g/mol. The SMILES string of the molecule is CC(=O)c1ccc(NC(=O)/C=C/C(=O)N2C/C(=C\c3ccc([N+](=O)[O-])cc3)C(=O)/C(=C/c3ccc([N+](=O)[O-])cc3)C2)cc1. The lowest BCUT2D eigenvalue weighted by Crippen LogP contribution is -2.41. The summed E-state index contributed by atoms with van der Waals surface area (Å²) in [5, 5.41) is 24.6. The van der Waals surface area contributed by atoms with Crippen molar-refractivity contribution < 1.29 is 29.0 Å². The van der Waals surface area contributed by atoms with Gasteiger partial charge in [0, 0.05) is 58.8 Å². The molecule has 1 aliphatic heterocycles. The number of rotatable bonds is 8. The van der Waals surface area contributed by atoms with E-state index in [9.17, 15) is 39.4 Å². The molecule has 2 amide bonds. The Labute approximate surface area is 244 Å². The van der Waals surface area contributed by atoms with Gasteiger partial charge in [-0.15, -0.1) is 0 Å². The van der Waals surface area contributed by atoms with Gasteiger partial charge in [-0.2, -0.15) is 0 Å². The molecule has 1 aliphatic rings. The molecule has 0 aromatic heterocycles. The zero-order valence-electron chi connectivity index (χ0n) is 22.8. The standard InChI is InChI=1S/C31H24N4O8/c1-20(36)23-6-8-26(9-7-23)32-29(37)14-15-30(38)33-18-24(16-21-2-10-27(11-3-21)34(40)41)31(39)25(19-33)17-22-4-12-28(13-5-22)35(42)43/h2-17H,18-19H2,1H3,(H,32,37)/b15-14+,24-16+,25-17+. The molecular formula is C31H24N4O8. The van der Waals surface area contributed by atoms with Gasteiger partial charge in [0.05, 0.1) is 22.9 Å². The molecule has 0 saturated carbocycles. The van der Waals surface area contributed by atoms with Gasteiger partial charge in [-0.3, -0.25) is 39.4 Å². The van der Waals surface area contributed by atoms with Crippen LogP contribution in [0.15, 0.2) is 96.1 Å². The molecule has 0 bridgehead atoms. The zero-order valence-corrected chi connectivity index (χ0v) is 22.8. The second-order valence-electron chi connectivity index (χ2n) is 9.52. The molecule has 1 fully saturated rings. The predicted molar refractivity (Wildman–Crippen MR) is 158 cm³/mol. The number of ketones is 2. The Hall–Kier alpha value is -6.04. The Morgan fingerprint density at radius 1 is 0.744 bits per heavy atom. The second-order valence-corrected chi connectivity index (χ2v) is 9.52. The average molecular weight is 581 g/mol. The summed E-state index contributed by atoms with van der Waals surface area (Å²) in [6.07, 6.45) is 5.17. The minimum Gasteiger partial charge on any atom is -0.330 e. The highest BCUT2D eigenvalue weighted by Crippen LogP contribution is 2.24. The number of carbonyl (C=O) groups excluding carboxylic acids is 4. The van der Waals surface area contributed by atoms with Crippen molar-refractivity contribution in [2.45, 2.75) is 6.92 Å². The molecule has 216 valence electrons. The van der Waals surface area contributed by atoms with E-state index in [1.807, 2.05) is 0 Å². The number of anilines is 1. The smallest absolute Gasteiger partial charge is 0.269 e. The van der Waals surface area contributed by atoms with E-state index in [0.717, 1.165) is 12.2 Å². The van der Waals surface area contributed by atoms with Crippen molar-refractivity contribution in [3.05, 3.63) is 133 Å². The summed E-state index contributed by atoms with van der Waals surface area (Å²) in [7, 11) is 0. The number of piperidine rings is 1. The molecule has 12 nitrogen and oxygen atoms in total. The molecule has 3 aromatic rings. The number of likely N-dealkylation sites (tertiary alicyclic amines) is 1. The topological polar surface area (TPSA) is 170 Å². The molecule has 1 heterocycles.